The predicted octanol–water partition coefficient (Wildman–Crippen LogP) is 3.11. The van der Waals surface area contributed by atoms with Gasteiger partial charge in [-0.3, -0.25) is 9.97 Å². The molecule has 20 heavy (non-hydrogen) atoms. The minimum absolute atomic E-state index is 0.287. The van der Waals surface area contributed by atoms with Gasteiger partial charge in [-0.15, -0.1) is 0 Å². The first-order valence-electron chi connectivity index (χ1n) is 6.05. The minimum atomic E-state index is -4.37. The molecule has 2 rings (SSSR count). The Kier molecular flexibility index (Phi) is 4.04. The zero-order valence-corrected chi connectivity index (χ0v) is 11.1. The van der Waals surface area contributed by atoms with E-state index in [4.69, 9.17) is 0 Å². The number of nitrogens with one attached hydrogen (secondary N) is 1. The molecule has 1 unspecified atom stereocenters. The summed E-state index contributed by atoms with van der Waals surface area (Å²) < 4.78 is 37.5. The lowest BCUT2D eigenvalue weighted by molar-refractivity contribution is -0.137. The second-order valence-corrected chi connectivity index (χ2v) is 4.42. The number of rotatable bonds is 3. The summed E-state index contributed by atoms with van der Waals surface area (Å²) in [6.07, 6.45) is -1.83. The Morgan fingerprint density at radius 3 is 2.25 bits per heavy atom. The fourth-order valence-electron chi connectivity index (χ4n) is 1.88. The Morgan fingerprint density at radius 2 is 1.80 bits per heavy atom. The zero-order valence-electron chi connectivity index (χ0n) is 11.1. The van der Waals surface area contributed by atoms with Gasteiger partial charge >= 0.3 is 6.18 Å². The fraction of sp³-hybridized carbons (Fsp3) is 0.286. The Labute approximate surface area is 114 Å². The van der Waals surface area contributed by atoms with Gasteiger partial charge in [-0.25, -0.2) is 0 Å². The summed E-state index contributed by atoms with van der Waals surface area (Å²) in [6.45, 7) is 1.87. The smallest absolute Gasteiger partial charge is 0.308 e. The molecule has 3 nitrogen and oxygen atoms in total. The minimum Gasteiger partial charge on any atom is -0.308 e. The maximum atomic E-state index is 12.5. The molecule has 2 aromatic heterocycles. The van der Waals surface area contributed by atoms with Crippen LogP contribution in [0.25, 0.3) is 0 Å². The quantitative estimate of drug-likeness (QED) is 0.939. The number of hydrogen-bond acceptors (Lipinski definition) is 3. The molecule has 0 spiro atoms. The highest BCUT2D eigenvalue weighted by atomic mass is 19.4. The van der Waals surface area contributed by atoms with Gasteiger partial charge in [-0.2, -0.15) is 13.2 Å². The van der Waals surface area contributed by atoms with E-state index >= 15 is 0 Å². The number of nitrogens with zero attached hydrogens (tertiary/aromatic N) is 2. The molecule has 106 valence electrons. The van der Waals surface area contributed by atoms with E-state index in [2.05, 4.69) is 15.3 Å². The van der Waals surface area contributed by atoms with Gasteiger partial charge in [0.05, 0.1) is 17.3 Å². The Balaban J connectivity index is 2.30. The lowest BCUT2D eigenvalue weighted by atomic mass is 10.0. The van der Waals surface area contributed by atoms with Crippen LogP contribution in [0.1, 0.15) is 28.6 Å². The molecule has 0 fully saturated rings. The van der Waals surface area contributed by atoms with E-state index in [1.807, 2.05) is 19.1 Å². The Morgan fingerprint density at radius 1 is 1.05 bits per heavy atom. The van der Waals surface area contributed by atoms with E-state index in [1.165, 1.54) is 6.07 Å². The molecule has 0 bridgehead atoms. The maximum Gasteiger partial charge on any atom is 0.417 e. The third-order valence-electron chi connectivity index (χ3n) is 2.97. The van der Waals surface area contributed by atoms with Crippen LogP contribution in [0.15, 0.2) is 36.7 Å². The fourth-order valence-corrected chi connectivity index (χ4v) is 1.88. The molecule has 1 atom stereocenters. The van der Waals surface area contributed by atoms with Crippen molar-refractivity contribution in [3.63, 3.8) is 0 Å². The van der Waals surface area contributed by atoms with Crippen molar-refractivity contribution in [3.05, 3.63) is 59.2 Å². The number of aromatic nitrogens is 2. The Bertz CT molecular complexity index is 562. The van der Waals surface area contributed by atoms with E-state index < -0.39 is 11.7 Å². The molecule has 0 aliphatic carbocycles. The molecular weight excluding hydrogens is 267 g/mol. The van der Waals surface area contributed by atoms with Crippen LogP contribution in [0, 0.1) is 6.92 Å². The molecule has 0 aliphatic heterocycles. The highest BCUT2D eigenvalue weighted by molar-refractivity contribution is 5.28. The molecular formula is C14H14F3N3. The van der Waals surface area contributed by atoms with Crippen LogP contribution in [0.4, 0.5) is 13.2 Å². The standard InChI is InChI=1S/C14H14F3N3/c1-9-3-4-10(7-19-9)13(18-2)12-6-5-11(8-20-12)14(15,16)17/h3-8,13,18H,1-2H3. The zero-order chi connectivity index (χ0) is 14.8. The van der Waals surface area contributed by atoms with Crippen molar-refractivity contribution in [1.82, 2.24) is 15.3 Å². The van der Waals surface area contributed by atoms with E-state index in [1.54, 1.807) is 13.2 Å². The topological polar surface area (TPSA) is 37.8 Å². The monoisotopic (exact) mass is 281 g/mol. The van der Waals surface area contributed by atoms with Gasteiger partial charge in [-0.1, -0.05) is 6.07 Å². The van der Waals surface area contributed by atoms with Crippen LogP contribution < -0.4 is 5.32 Å². The summed E-state index contributed by atoms with van der Waals surface area (Å²) in [6, 6.07) is 5.86. The lowest BCUT2D eigenvalue weighted by Gasteiger charge is -2.16. The van der Waals surface area contributed by atoms with E-state index in [0.29, 0.717) is 5.69 Å². The van der Waals surface area contributed by atoms with E-state index in [9.17, 15) is 13.2 Å². The predicted molar refractivity (Wildman–Crippen MR) is 69.1 cm³/mol. The highest BCUT2D eigenvalue weighted by Gasteiger charge is 2.31. The van der Waals surface area contributed by atoms with E-state index in [-0.39, 0.29) is 6.04 Å². The molecule has 2 aromatic rings. The summed E-state index contributed by atoms with van der Waals surface area (Å²) in [7, 11) is 1.73. The van der Waals surface area contributed by atoms with E-state index in [0.717, 1.165) is 23.5 Å². The number of alkyl halides is 3. The van der Waals surface area contributed by atoms with Crippen LogP contribution in [-0.2, 0) is 6.18 Å². The van der Waals surface area contributed by atoms with Crippen LogP contribution in [0.5, 0.6) is 0 Å². The summed E-state index contributed by atoms with van der Waals surface area (Å²) in [4.78, 5) is 8.09. The average Bonchev–Trinajstić information content (AvgIpc) is 2.41. The van der Waals surface area contributed by atoms with Gasteiger partial charge in [0.2, 0.25) is 0 Å². The molecule has 2 heterocycles. The van der Waals surface area contributed by atoms with Crippen molar-refractivity contribution in [2.24, 2.45) is 0 Å². The summed E-state index contributed by atoms with van der Waals surface area (Å²) >= 11 is 0. The van der Waals surface area contributed by atoms with Gasteiger partial charge in [0, 0.05) is 18.1 Å². The van der Waals surface area contributed by atoms with Crippen LogP contribution in [-0.4, -0.2) is 17.0 Å². The molecule has 0 amide bonds. The molecule has 0 aliphatic rings. The van der Waals surface area contributed by atoms with Gasteiger partial charge in [0.1, 0.15) is 0 Å². The van der Waals surface area contributed by atoms with Gasteiger partial charge in [0.25, 0.3) is 0 Å². The molecule has 6 heteroatoms. The first-order chi connectivity index (χ1) is 9.41. The molecule has 0 radical (unpaired) electrons. The van der Waals surface area contributed by atoms with Crippen LogP contribution in [0.3, 0.4) is 0 Å². The molecule has 0 aromatic carbocycles. The van der Waals surface area contributed by atoms with Crippen LogP contribution in [0.2, 0.25) is 0 Å². The average molecular weight is 281 g/mol. The second-order valence-electron chi connectivity index (χ2n) is 4.42. The number of pyridine rings is 2. The number of halogens is 3. The molecule has 0 saturated carbocycles. The number of aryl methyl sites for hydroxylation is 1. The maximum absolute atomic E-state index is 12.5. The second kappa shape index (κ2) is 5.58. The van der Waals surface area contributed by atoms with Crippen molar-refractivity contribution >= 4 is 0 Å². The van der Waals surface area contributed by atoms with Gasteiger partial charge in [-0.05, 0) is 37.7 Å². The first kappa shape index (κ1) is 14.5. The molecule has 0 saturated heterocycles. The third kappa shape index (κ3) is 3.14. The van der Waals surface area contributed by atoms with Gasteiger partial charge in [0.15, 0.2) is 0 Å². The normalized spacial score (nSPS) is 13.2. The van der Waals surface area contributed by atoms with Crippen molar-refractivity contribution < 1.29 is 13.2 Å². The van der Waals surface area contributed by atoms with Crippen molar-refractivity contribution in [3.8, 4) is 0 Å². The summed E-state index contributed by atoms with van der Waals surface area (Å²) in [5, 5.41) is 3.03. The third-order valence-corrected chi connectivity index (χ3v) is 2.97. The highest BCUT2D eigenvalue weighted by Crippen LogP contribution is 2.29. The largest absolute Gasteiger partial charge is 0.417 e. The number of hydrogen-bond donors (Lipinski definition) is 1. The van der Waals surface area contributed by atoms with Crippen molar-refractivity contribution in [2.45, 2.75) is 19.1 Å². The van der Waals surface area contributed by atoms with Crippen molar-refractivity contribution in [1.29, 1.82) is 0 Å². The summed E-state index contributed by atoms with van der Waals surface area (Å²) in [5.74, 6) is 0. The molecule has 1 N–H and O–H groups in total. The lowest BCUT2D eigenvalue weighted by Crippen LogP contribution is -2.19. The van der Waals surface area contributed by atoms with Gasteiger partial charge < -0.3 is 5.32 Å². The SMILES string of the molecule is CNC(c1ccc(C)nc1)c1ccc(C(F)(F)F)cn1. The van der Waals surface area contributed by atoms with Crippen molar-refractivity contribution in [2.75, 3.05) is 7.05 Å². The summed E-state index contributed by atoms with van der Waals surface area (Å²) in [5.41, 5.74) is 1.50. The van der Waals surface area contributed by atoms with Crippen LogP contribution >= 0.6 is 0 Å². The Hall–Kier alpha value is -1.95. The first-order valence-corrected chi connectivity index (χ1v) is 6.05.